The Balaban J connectivity index is 1.20. The number of nitrogens with zero attached hydrogens (tertiary/aromatic N) is 5. The van der Waals surface area contributed by atoms with Crippen LogP contribution in [0.25, 0.3) is 10.8 Å². The number of aromatic nitrogens is 2. The summed E-state index contributed by atoms with van der Waals surface area (Å²) >= 11 is 0. The number of pyridine rings is 2. The van der Waals surface area contributed by atoms with Crippen LogP contribution in [0.3, 0.4) is 0 Å². The highest BCUT2D eigenvalue weighted by Gasteiger charge is 2.53. The van der Waals surface area contributed by atoms with Gasteiger partial charge in [0, 0.05) is 43.7 Å². The van der Waals surface area contributed by atoms with E-state index < -0.39 is 54.1 Å². The lowest BCUT2D eigenvalue weighted by atomic mass is 10.1. The summed E-state index contributed by atoms with van der Waals surface area (Å²) in [6.45, 7) is 1.68. The maximum atomic E-state index is 14.2. The van der Waals surface area contributed by atoms with Crippen LogP contribution in [0, 0.1) is 17.8 Å². The molecule has 3 saturated carbocycles. The summed E-state index contributed by atoms with van der Waals surface area (Å²) in [6, 6.07) is 18.9. The van der Waals surface area contributed by atoms with Gasteiger partial charge in [0.15, 0.2) is 0 Å². The van der Waals surface area contributed by atoms with Gasteiger partial charge in [0.1, 0.15) is 47.5 Å². The van der Waals surface area contributed by atoms with E-state index in [0.717, 1.165) is 28.9 Å². The molecule has 8 rings (SSSR count). The lowest BCUT2D eigenvalue weighted by Gasteiger charge is -2.30. The highest BCUT2D eigenvalue weighted by Crippen LogP contribution is 2.42. The Hall–Kier alpha value is -5.40. The molecule has 1 unspecified atom stereocenters. The predicted molar refractivity (Wildman–Crippen MR) is 203 cm³/mol. The number of carbonyl (C=O) groups excluding carboxylic acids is 3. The summed E-state index contributed by atoms with van der Waals surface area (Å²) < 4.78 is 58.2. The summed E-state index contributed by atoms with van der Waals surface area (Å²) in [7, 11) is 3.22. The van der Waals surface area contributed by atoms with Crippen LogP contribution >= 0.6 is 0 Å². The Labute approximate surface area is 322 Å². The van der Waals surface area contributed by atoms with Gasteiger partial charge in [-0.1, -0.05) is 24.3 Å². The number of anilines is 3. The van der Waals surface area contributed by atoms with Crippen molar-refractivity contribution in [2.45, 2.75) is 76.2 Å². The molecule has 0 N–H and O–H groups in total. The van der Waals surface area contributed by atoms with Gasteiger partial charge in [0.2, 0.25) is 11.8 Å². The predicted octanol–water partition coefficient (Wildman–Crippen LogP) is 6.69. The first-order chi connectivity index (χ1) is 27.1. The molecule has 7 atom stereocenters. The van der Waals surface area contributed by atoms with Crippen molar-refractivity contribution in [3.05, 3.63) is 78.0 Å². The summed E-state index contributed by atoms with van der Waals surface area (Å²) in [5, 5.41) is 1.26. The van der Waals surface area contributed by atoms with Gasteiger partial charge in [-0.15, -0.1) is 0 Å². The van der Waals surface area contributed by atoms with E-state index in [-0.39, 0.29) is 37.7 Å². The lowest BCUT2D eigenvalue weighted by molar-refractivity contribution is -0.145. The molecule has 0 bridgehead atoms. The van der Waals surface area contributed by atoms with Crippen LogP contribution in [0.5, 0.6) is 11.5 Å². The van der Waals surface area contributed by atoms with Crippen LogP contribution in [0.15, 0.2) is 66.9 Å². The smallest absolute Gasteiger partial charge is 0.312 e. The van der Waals surface area contributed by atoms with Crippen molar-refractivity contribution in [3.8, 4) is 11.5 Å². The number of rotatable bonds is 15. The van der Waals surface area contributed by atoms with Gasteiger partial charge in [0.05, 0.1) is 38.6 Å². The van der Waals surface area contributed by atoms with Gasteiger partial charge in [-0.25, -0.2) is 28.0 Å². The van der Waals surface area contributed by atoms with E-state index in [1.54, 1.807) is 26.5 Å². The van der Waals surface area contributed by atoms with Gasteiger partial charge in [-0.2, -0.15) is 0 Å². The van der Waals surface area contributed by atoms with Gasteiger partial charge in [0.25, 0.3) is 0 Å². The zero-order chi connectivity index (χ0) is 39.1. The Morgan fingerprint density at radius 3 is 1.88 bits per heavy atom. The molecule has 294 valence electrons. The van der Waals surface area contributed by atoms with E-state index in [0.29, 0.717) is 60.0 Å². The van der Waals surface area contributed by atoms with E-state index in [1.807, 2.05) is 54.6 Å². The zero-order valence-corrected chi connectivity index (χ0v) is 31.3. The fourth-order valence-corrected chi connectivity index (χ4v) is 7.48. The third-order valence-corrected chi connectivity index (χ3v) is 11.1. The molecule has 4 fully saturated rings. The quantitative estimate of drug-likeness (QED) is 0.0957. The molecule has 14 heteroatoms. The number of imide groups is 1. The van der Waals surface area contributed by atoms with Crippen molar-refractivity contribution in [1.29, 1.82) is 0 Å². The Kier molecular flexibility index (Phi) is 10.5. The first-order valence-corrected chi connectivity index (χ1v) is 19.2. The van der Waals surface area contributed by atoms with Crippen molar-refractivity contribution in [2.24, 2.45) is 17.8 Å². The Morgan fingerprint density at radius 1 is 0.804 bits per heavy atom. The second kappa shape index (κ2) is 15.6. The molecule has 4 aromatic rings. The number of hydrogen-bond acceptors (Lipinski definition) is 10. The molecular weight excluding hydrogens is 727 g/mol. The summed E-state index contributed by atoms with van der Waals surface area (Å²) in [5.41, 5.74) is 1.96. The van der Waals surface area contributed by atoms with Crippen LogP contribution in [0.4, 0.5) is 30.6 Å². The molecule has 4 aliphatic rings. The molecule has 2 aromatic heterocycles. The molecule has 0 spiro atoms. The molecular formula is C42H44F3N5O6. The normalized spacial score (nSPS) is 24.7. The maximum Gasteiger partial charge on any atom is 0.312 e. The lowest BCUT2D eigenvalue weighted by Crippen LogP contribution is -2.40. The van der Waals surface area contributed by atoms with Crippen molar-refractivity contribution >= 4 is 46.0 Å². The summed E-state index contributed by atoms with van der Waals surface area (Å²) in [5.74, 6) is -1.92. The van der Waals surface area contributed by atoms with E-state index in [2.05, 4.69) is 14.8 Å². The Bertz CT molecular complexity index is 2030. The van der Waals surface area contributed by atoms with Crippen molar-refractivity contribution in [3.63, 3.8) is 0 Å². The van der Waals surface area contributed by atoms with Crippen LogP contribution < -0.4 is 24.2 Å². The number of ether oxygens (including phenoxy) is 3. The number of benzene rings is 2. The van der Waals surface area contributed by atoms with E-state index in [9.17, 15) is 27.6 Å². The van der Waals surface area contributed by atoms with Gasteiger partial charge in [-0.3, -0.25) is 14.4 Å². The van der Waals surface area contributed by atoms with Crippen LogP contribution in [-0.4, -0.2) is 79.7 Å². The molecule has 1 aliphatic heterocycles. The third-order valence-electron chi connectivity index (χ3n) is 11.1. The number of esters is 1. The minimum absolute atomic E-state index is 0.00165. The second-order valence-electron chi connectivity index (χ2n) is 15.2. The molecule has 3 aliphatic carbocycles. The fraction of sp³-hybridized carbons (Fsp3) is 0.452. The highest BCUT2D eigenvalue weighted by molar-refractivity contribution is 6.18. The average molecular weight is 772 g/mol. The first kappa shape index (κ1) is 37.5. The molecule has 11 nitrogen and oxygen atoms in total. The standard InChI is InChI=1S/C42H44F3N5O6/c1-54-28-9-5-24(6-10-28)22-48(23-25-7-11-29(55-2)12-8-25)39-33-21-46-37(50(40(51)30-18-34(30)43)41(52)31-19-35(31)44)16-26(33)17-38(47-39)49-14-3-4-27(49)13-15-56-42(53)32-20-36(32)45/h5-12,16-17,21,27,30-32,34-36H,3-4,13-15,18-20,22-23H2,1-2H3/t27?,30-,31-,32-,34+,35+,36+/m1/s1. The van der Waals surface area contributed by atoms with E-state index >= 15 is 0 Å². The van der Waals surface area contributed by atoms with Crippen molar-refractivity contribution in [2.75, 3.05) is 42.1 Å². The van der Waals surface area contributed by atoms with Gasteiger partial charge >= 0.3 is 5.97 Å². The van der Waals surface area contributed by atoms with Gasteiger partial charge < -0.3 is 24.0 Å². The molecule has 2 aromatic carbocycles. The minimum atomic E-state index is -1.36. The number of fused-ring (bicyclic) bond motifs is 1. The first-order valence-electron chi connectivity index (χ1n) is 19.2. The van der Waals surface area contributed by atoms with Crippen LogP contribution in [0.1, 0.15) is 49.7 Å². The Morgan fingerprint density at radius 2 is 1.36 bits per heavy atom. The van der Waals surface area contributed by atoms with Crippen molar-refractivity contribution in [1.82, 2.24) is 9.97 Å². The van der Waals surface area contributed by atoms with Crippen LogP contribution in [-0.2, 0) is 32.2 Å². The second-order valence-corrected chi connectivity index (χ2v) is 15.2. The molecule has 0 radical (unpaired) electrons. The number of alkyl halides is 3. The molecule has 3 heterocycles. The van der Waals surface area contributed by atoms with Crippen LogP contribution in [0.2, 0.25) is 0 Å². The summed E-state index contributed by atoms with van der Waals surface area (Å²) in [6.07, 6.45) is 0.124. The largest absolute Gasteiger partial charge is 0.497 e. The monoisotopic (exact) mass is 771 g/mol. The molecule has 2 amide bonds. The average Bonchev–Trinajstić information content (AvgIpc) is 4.18. The number of hydrogen-bond donors (Lipinski definition) is 0. The molecule has 56 heavy (non-hydrogen) atoms. The molecule has 1 saturated heterocycles. The van der Waals surface area contributed by atoms with E-state index in [4.69, 9.17) is 19.2 Å². The summed E-state index contributed by atoms with van der Waals surface area (Å²) in [4.78, 5) is 54.4. The minimum Gasteiger partial charge on any atom is -0.497 e. The number of methoxy groups -OCH3 is 2. The number of amides is 2. The van der Waals surface area contributed by atoms with E-state index in [1.165, 1.54) is 0 Å². The van der Waals surface area contributed by atoms with Gasteiger partial charge in [-0.05, 0) is 85.0 Å². The number of halogens is 3. The van der Waals surface area contributed by atoms with Crippen molar-refractivity contribution < 1.29 is 41.8 Å². The number of carbonyl (C=O) groups is 3. The topological polar surface area (TPSA) is 114 Å². The fourth-order valence-electron chi connectivity index (χ4n) is 7.48. The highest BCUT2D eigenvalue weighted by atomic mass is 19.1. The third kappa shape index (κ3) is 7.96. The SMILES string of the molecule is COc1ccc(CN(Cc2ccc(OC)cc2)c2nc(N3CCCC3CCOC(=O)[C@@H]3C[C@@H]3F)cc3cc(N(C(=O)[C@@H]4C[C@@H]4F)C(=O)[C@@H]4C[C@@H]4F)ncc23)cc1. The maximum absolute atomic E-state index is 14.2. The zero-order valence-electron chi connectivity index (χ0n) is 31.3.